The Bertz CT molecular complexity index is 288. The maximum absolute atomic E-state index is 3.32. The van der Waals surface area contributed by atoms with Crippen LogP contribution in [-0.4, -0.2) is 26.7 Å². The lowest BCUT2D eigenvalue weighted by Crippen LogP contribution is -2.24. The van der Waals surface area contributed by atoms with Gasteiger partial charge in [0, 0.05) is 19.6 Å². The summed E-state index contributed by atoms with van der Waals surface area (Å²) in [6.07, 6.45) is 4.30. The number of hydrogen-bond acceptors (Lipinski definition) is 2. The molecule has 2 N–H and O–H groups in total. The van der Waals surface area contributed by atoms with Crippen LogP contribution in [0.2, 0.25) is 0 Å². The van der Waals surface area contributed by atoms with E-state index >= 15 is 0 Å². The highest BCUT2D eigenvalue weighted by Gasteiger charge is 1.86. The summed E-state index contributed by atoms with van der Waals surface area (Å²) in [5, 5.41) is 6.41. The van der Waals surface area contributed by atoms with Gasteiger partial charge in [0.05, 0.1) is 0 Å². The Hall–Kier alpha value is -1.12. The second kappa shape index (κ2) is 7.21. The van der Waals surface area contributed by atoms with Gasteiger partial charge in [0.15, 0.2) is 0 Å². The van der Waals surface area contributed by atoms with Gasteiger partial charge >= 0.3 is 0 Å². The smallest absolute Gasteiger partial charge is 0.0138 e. The first kappa shape index (κ1) is 12.0. The first-order valence-corrected chi connectivity index (χ1v) is 5.41. The van der Waals surface area contributed by atoms with Crippen molar-refractivity contribution >= 4 is 6.08 Å². The number of nitrogens with one attached hydrogen (secondary N) is 2. The molecule has 82 valence electrons. The van der Waals surface area contributed by atoms with E-state index in [-0.39, 0.29) is 0 Å². The van der Waals surface area contributed by atoms with Crippen LogP contribution in [0.5, 0.6) is 0 Å². The molecule has 0 unspecified atom stereocenters. The summed E-state index contributed by atoms with van der Waals surface area (Å²) in [6, 6.07) is 8.54. The minimum Gasteiger partial charge on any atom is -0.318 e. The minimum absolute atomic E-state index is 0.926. The van der Waals surface area contributed by atoms with E-state index in [4.69, 9.17) is 0 Å². The van der Waals surface area contributed by atoms with Crippen LogP contribution >= 0.6 is 0 Å². The standard InChI is InChI=1S/C13H20N2/c1-12-5-7-13(8-6-12)4-3-9-15-11-10-14-2/h3-8,14-15H,9-11H2,1-2H3/b4-3+. The molecule has 0 aliphatic heterocycles. The number of rotatable bonds is 6. The van der Waals surface area contributed by atoms with Crippen molar-refractivity contribution in [2.24, 2.45) is 0 Å². The van der Waals surface area contributed by atoms with Crippen LogP contribution in [0.4, 0.5) is 0 Å². The predicted molar refractivity (Wildman–Crippen MR) is 67.0 cm³/mol. The summed E-state index contributed by atoms with van der Waals surface area (Å²) in [7, 11) is 1.96. The average Bonchev–Trinajstić information content (AvgIpc) is 2.26. The Morgan fingerprint density at radius 2 is 1.87 bits per heavy atom. The van der Waals surface area contributed by atoms with Gasteiger partial charge in [-0.15, -0.1) is 0 Å². The van der Waals surface area contributed by atoms with Crippen molar-refractivity contribution in [1.29, 1.82) is 0 Å². The summed E-state index contributed by atoms with van der Waals surface area (Å²) in [5.74, 6) is 0. The van der Waals surface area contributed by atoms with Crippen molar-refractivity contribution < 1.29 is 0 Å². The zero-order chi connectivity index (χ0) is 10.9. The number of hydrogen-bond donors (Lipinski definition) is 2. The van der Waals surface area contributed by atoms with Crippen molar-refractivity contribution in [1.82, 2.24) is 10.6 Å². The van der Waals surface area contributed by atoms with Gasteiger partial charge in [-0.1, -0.05) is 42.0 Å². The Balaban J connectivity index is 2.23. The highest BCUT2D eigenvalue weighted by Crippen LogP contribution is 2.04. The second-order valence-electron chi connectivity index (χ2n) is 3.62. The molecule has 1 aromatic carbocycles. The van der Waals surface area contributed by atoms with Gasteiger partial charge in [0.1, 0.15) is 0 Å². The van der Waals surface area contributed by atoms with E-state index in [1.54, 1.807) is 0 Å². The second-order valence-corrected chi connectivity index (χ2v) is 3.62. The quantitative estimate of drug-likeness (QED) is 0.691. The molecule has 0 bridgehead atoms. The molecule has 1 aromatic rings. The molecule has 1 rings (SSSR count). The van der Waals surface area contributed by atoms with E-state index in [9.17, 15) is 0 Å². The van der Waals surface area contributed by atoms with Crippen molar-refractivity contribution in [2.45, 2.75) is 6.92 Å². The molecule has 0 aromatic heterocycles. The fourth-order valence-corrected chi connectivity index (χ4v) is 1.27. The van der Waals surface area contributed by atoms with Crippen molar-refractivity contribution in [2.75, 3.05) is 26.7 Å². The summed E-state index contributed by atoms with van der Waals surface area (Å²) in [6.45, 7) is 5.05. The SMILES string of the molecule is CNCCNC/C=C/c1ccc(C)cc1. The maximum atomic E-state index is 3.32. The Labute approximate surface area is 92.4 Å². The molecule has 15 heavy (non-hydrogen) atoms. The molecule has 0 aliphatic rings. The van der Waals surface area contributed by atoms with Crippen molar-refractivity contribution in [3.63, 3.8) is 0 Å². The average molecular weight is 204 g/mol. The molecule has 0 heterocycles. The van der Waals surface area contributed by atoms with Gasteiger partial charge in [0.25, 0.3) is 0 Å². The first-order chi connectivity index (χ1) is 7.33. The van der Waals surface area contributed by atoms with Gasteiger partial charge in [0.2, 0.25) is 0 Å². The fourth-order valence-electron chi connectivity index (χ4n) is 1.27. The Morgan fingerprint density at radius 1 is 1.13 bits per heavy atom. The van der Waals surface area contributed by atoms with E-state index < -0.39 is 0 Å². The topological polar surface area (TPSA) is 24.1 Å². The molecule has 2 heteroatoms. The fraction of sp³-hybridized carbons (Fsp3) is 0.385. The normalized spacial score (nSPS) is 11.1. The van der Waals surface area contributed by atoms with Crippen molar-refractivity contribution in [3.8, 4) is 0 Å². The summed E-state index contributed by atoms with van der Waals surface area (Å²) in [5.41, 5.74) is 2.57. The molecular formula is C13H20N2. The van der Waals surface area contributed by atoms with E-state index in [1.807, 2.05) is 7.05 Å². The zero-order valence-electron chi connectivity index (χ0n) is 9.59. The lowest BCUT2D eigenvalue weighted by atomic mass is 10.1. The van der Waals surface area contributed by atoms with Gasteiger partial charge in [-0.2, -0.15) is 0 Å². The predicted octanol–water partition coefficient (Wildman–Crippen LogP) is 1.82. The lowest BCUT2D eigenvalue weighted by Gasteiger charge is -1.99. The number of likely N-dealkylation sites (N-methyl/N-ethyl adjacent to an activating group) is 1. The highest BCUT2D eigenvalue weighted by atomic mass is 14.9. The number of benzene rings is 1. The van der Waals surface area contributed by atoms with Crippen LogP contribution in [-0.2, 0) is 0 Å². The van der Waals surface area contributed by atoms with E-state index in [0.717, 1.165) is 19.6 Å². The third kappa shape index (κ3) is 5.35. The maximum Gasteiger partial charge on any atom is 0.0138 e. The molecule has 0 saturated heterocycles. The molecule has 0 aliphatic carbocycles. The molecule has 0 spiro atoms. The molecule has 0 atom stereocenters. The van der Waals surface area contributed by atoms with E-state index in [0.29, 0.717) is 0 Å². The lowest BCUT2D eigenvalue weighted by molar-refractivity contribution is 0.690. The third-order valence-electron chi connectivity index (χ3n) is 2.20. The Morgan fingerprint density at radius 3 is 2.53 bits per heavy atom. The van der Waals surface area contributed by atoms with Crippen molar-refractivity contribution in [3.05, 3.63) is 41.5 Å². The van der Waals surface area contributed by atoms with Crippen LogP contribution < -0.4 is 10.6 Å². The molecule has 0 saturated carbocycles. The van der Waals surface area contributed by atoms with E-state index in [2.05, 4.69) is 54.0 Å². The van der Waals surface area contributed by atoms with Crippen LogP contribution in [0.25, 0.3) is 6.08 Å². The van der Waals surface area contributed by atoms with Gasteiger partial charge in [-0.05, 0) is 19.5 Å². The summed E-state index contributed by atoms with van der Waals surface area (Å²) >= 11 is 0. The van der Waals surface area contributed by atoms with Crippen LogP contribution in [0, 0.1) is 6.92 Å². The highest BCUT2D eigenvalue weighted by molar-refractivity contribution is 5.49. The minimum atomic E-state index is 0.926. The van der Waals surface area contributed by atoms with Crippen LogP contribution in [0.3, 0.4) is 0 Å². The number of aryl methyl sites for hydroxylation is 1. The molecule has 0 fully saturated rings. The van der Waals surface area contributed by atoms with E-state index in [1.165, 1.54) is 11.1 Å². The monoisotopic (exact) mass is 204 g/mol. The van der Waals surface area contributed by atoms with Gasteiger partial charge in [-0.3, -0.25) is 0 Å². The first-order valence-electron chi connectivity index (χ1n) is 5.41. The van der Waals surface area contributed by atoms with Crippen LogP contribution in [0.15, 0.2) is 30.3 Å². The zero-order valence-corrected chi connectivity index (χ0v) is 9.59. The van der Waals surface area contributed by atoms with Gasteiger partial charge < -0.3 is 10.6 Å². The Kier molecular flexibility index (Phi) is 5.74. The largest absolute Gasteiger partial charge is 0.318 e. The van der Waals surface area contributed by atoms with Crippen LogP contribution in [0.1, 0.15) is 11.1 Å². The molecular weight excluding hydrogens is 184 g/mol. The van der Waals surface area contributed by atoms with Gasteiger partial charge in [-0.25, -0.2) is 0 Å². The third-order valence-corrected chi connectivity index (χ3v) is 2.20. The molecule has 0 radical (unpaired) electrons. The summed E-state index contributed by atoms with van der Waals surface area (Å²) < 4.78 is 0. The molecule has 2 nitrogen and oxygen atoms in total. The molecule has 0 amide bonds. The summed E-state index contributed by atoms with van der Waals surface area (Å²) in [4.78, 5) is 0.